The summed E-state index contributed by atoms with van der Waals surface area (Å²) >= 11 is 3.30. The van der Waals surface area contributed by atoms with Gasteiger partial charge in [-0.1, -0.05) is 13.3 Å². The molecule has 19 heavy (non-hydrogen) atoms. The van der Waals surface area contributed by atoms with Crippen molar-refractivity contribution in [2.24, 2.45) is 0 Å². The van der Waals surface area contributed by atoms with Crippen LogP contribution in [0.3, 0.4) is 0 Å². The first-order chi connectivity index (χ1) is 9.01. The lowest BCUT2D eigenvalue weighted by molar-refractivity contribution is -0.152. The summed E-state index contributed by atoms with van der Waals surface area (Å²) in [5.74, 6) is 0.111. The molecule has 1 N–H and O–H groups in total. The van der Waals surface area contributed by atoms with Crippen LogP contribution >= 0.6 is 15.9 Å². The Morgan fingerprint density at radius 3 is 2.89 bits per heavy atom. The first-order valence-electron chi connectivity index (χ1n) is 6.76. The Bertz CT molecular complexity index is 459. The van der Waals surface area contributed by atoms with E-state index in [0.717, 1.165) is 31.6 Å². The summed E-state index contributed by atoms with van der Waals surface area (Å²) in [5, 5.41) is 9.68. The summed E-state index contributed by atoms with van der Waals surface area (Å²) in [6.07, 6.45) is 3.22. The largest absolute Gasteiger partial charge is 0.480 e. The molecule has 0 amide bonds. The van der Waals surface area contributed by atoms with Crippen LogP contribution in [0.5, 0.6) is 0 Å². The normalized spacial score (nSPS) is 25.6. The monoisotopic (exact) mass is 329 g/mol. The summed E-state index contributed by atoms with van der Waals surface area (Å²) in [6.45, 7) is 4.87. The van der Waals surface area contributed by atoms with Crippen LogP contribution in [0, 0.1) is 0 Å². The second-order valence-corrected chi connectivity index (χ2v) is 5.98. The van der Waals surface area contributed by atoms with Gasteiger partial charge in [-0.05, 0) is 54.2 Å². The average Bonchev–Trinajstić information content (AvgIpc) is 2.96. The Morgan fingerprint density at radius 2 is 2.37 bits per heavy atom. The number of carboxylic acids is 1. The van der Waals surface area contributed by atoms with E-state index in [1.165, 1.54) is 0 Å². The van der Waals surface area contributed by atoms with Crippen molar-refractivity contribution < 1.29 is 14.3 Å². The highest BCUT2D eigenvalue weighted by molar-refractivity contribution is 9.10. The maximum absolute atomic E-state index is 11.8. The number of furan rings is 1. The van der Waals surface area contributed by atoms with E-state index >= 15 is 0 Å². The van der Waals surface area contributed by atoms with Gasteiger partial charge in [0.05, 0.1) is 6.04 Å². The van der Waals surface area contributed by atoms with Crippen LogP contribution in [0.2, 0.25) is 0 Å². The van der Waals surface area contributed by atoms with Crippen molar-refractivity contribution >= 4 is 21.9 Å². The van der Waals surface area contributed by atoms with Crippen LogP contribution in [0.4, 0.5) is 0 Å². The molecule has 1 aromatic rings. The van der Waals surface area contributed by atoms with Crippen molar-refractivity contribution in [1.29, 1.82) is 0 Å². The molecule has 4 nitrogen and oxygen atoms in total. The van der Waals surface area contributed by atoms with Gasteiger partial charge < -0.3 is 9.52 Å². The SMILES string of the molecule is CCCC1(C(=O)O)CCCN1C(C)c1ccc(Br)o1. The van der Waals surface area contributed by atoms with Gasteiger partial charge in [-0.2, -0.15) is 0 Å². The van der Waals surface area contributed by atoms with Crippen LogP contribution in [0.15, 0.2) is 21.2 Å². The summed E-state index contributed by atoms with van der Waals surface area (Å²) in [6, 6.07) is 3.74. The summed E-state index contributed by atoms with van der Waals surface area (Å²) in [7, 11) is 0. The molecule has 1 saturated heterocycles. The lowest BCUT2D eigenvalue weighted by atomic mass is 9.89. The van der Waals surface area contributed by atoms with Gasteiger partial charge in [0.1, 0.15) is 11.3 Å². The van der Waals surface area contributed by atoms with E-state index in [-0.39, 0.29) is 6.04 Å². The molecule has 106 valence electrons. The lowest BCUT2D eigenvalue weighted by Gasteiger charge is -2.38. The second-order valence-electron chi connectivity index (χ2n) is 5.20. The number of carbonyl (C=O) groups is 1. The second kappa shape index (κ2) is 5.67. The van der Waals surface area contributed by atoms with Crippen molar-refractivity contribution in [2.75, 3.05) is 6.54 Å². The fourth-order valence-corrected chi connectivity index (χ4v) is 3.51. The van der Waals surface area contributed by atoms with Gasteiger partial charge in [-0.3, -0.25) is 9.69 Å². The number of hydrogen-bond donors (Lipinski definition) is 1. The molecule has 1 aromatic heterocycles. The Kier molecular flexibility index (Phi) is 4.36. The lowest BCUT2D eigenvalue weighted by Crippen LogP contribution is -2.51. The minimum Gasteiger partial charge on any atom is -0.480 e. The molecule has 2 atom stereocenters. The minimum absolute atomic E-state index is 0.0172. The number of carboxylic acid groups (broad SMARTS) is 1. The van der Waals surface area contributed by atoms with E-state index < -0.39 is 11.5 Å². The molecule has 0 radical (unpaired) electrons. The molecular weight excluding hydrogens is 310 g/mol. The van der Waals surface area contributed by atoms with Crippen molar-refractivity contribution in [1.82, 2.24) is 4.90 Å². The van der Waals surface area contributed by atoms with Crippen LogP contribution in [-0.2, 0) is 4.79 Å². The Balaban J connectivity index is 2.28. The number of likely N-dealkylation sites (tertiary alicyclic amines) is 1. The van der Waals surface area contributed by atoms with Crippen LogP contribution in [-0.4, -0.2) is 28.1 Å². The zero-order valence-electron chi connectivity index (χ0n) is 11.4. The Labute approximate surface area is 121 Å². The number of halogens is 1. The van der Waals surface area contributed by atoms with Gasteiger partial charge in [0.2, 0.25) is 0 Å². The fourth-order valence-electron chi connectivity index (χ4n) is 3.19. The molecule has 0 saturated carbocycles. The van der Waals surface area contributed by atoms with E-state index in [1.807, 2.05) is 26.0 Å². The smallest absolute Gasteiger partial charge is 0.324 e. The fraction of sp³-hybridized carbons (Fsp3) is 0.643. The predicted molar refractivity (Wildman–Crippen MR) is 76.0 cm³/mol. The quantitative estimate of drug-likeness (QED) is 0.892. The highest BCUT2D eigenvalue weighted by Gasteiger charge is 2.49. The minimum atomic E-state index is -0.729. The van der Waals surface area contributed by atoms with E-state index in [0.29, 0.717) is 11.1 Å². The van der Waals surface area contributed by atoms with Crippen molar-refractivity contribution in [3.8, 4) is 0 Å². The third kappa shape index (κ3) is 2.58. The van der Waals surface area contributed by atoms with Gasteiger partial charge in [0.25, 0.3) is 0 Å². The van der Waals surface area contributed by atoms with Crippen LogP contribution in [0.1, 0.15) is 51.3 Å². The number of nitrogens with zero attached hydrogens (tertiary/aromatic N) is 1. The molecule has 2 unspecified atom stereocenters. The summed E-state index contributed by atoms with van der Waals surface area (Å²) < 4.78 is 6.28. The third-order valence-electron chi connectivity index (χ3n) is 4.07. The molecule has 2 rings (SSSR count). The van der Waals surface area contributed by atoms with Gasteiger partial charge in [-0.15, -0.1) is 0 Å². The molecule has 1 fully saturated rings. The molecule has 0 spiro atoms. The van der Waals surface area contributed by atoms with Crippen molar-refractivity contribution in [3.05, 3.63) is 22.6 Å². The summed E-state index contributed by atoms with van der Waals surface area (Å²) in [4.78, 5) is 13.9. The van der Waals surface area contributed by atoms with Crippen molar-refractivity contribution in [3.63, 3.8) is 0 Å². The van der Waals surface area contributed by atoms with Crippen LogP contribution < -0.4 is 0 Å². The number of rotatable bonds is 5. The van der Waals surface area contributed by atoms with Crippen molar-refractivity contribution in [2.45, 2.75) is 51.1 Å². The molecule has 2 heterocycles. The Hall–Kier alpha value is -0.810. The van der Waals surface area contributed by atoms with E-state index in [2.05, 4.69) is 20.8 Å². The zero-order chi connectivity index (χ0) is 14.0. The molecule has 0 bridgehead atoms. The molecule has 1 aliphatic rings. The molecular formula is C14H20BrNO3. The first kappa shape index (κ1) is 14.6. The predicted octanol–water partition coefficient (Wildman–Crippen LogP) is 3.82. The average molecular weight is 330 g/mol. The summed E-state index contributed by atoms with van der Waals surface area (Å²) in [5.41, 5.74) is -0.729. The van der Waals surface area contributed by atoms with Gasteiger partial charge in [0.15, 0.2) is 4.67 Å². The number of hydrogen-bond acceptors (Lipinski definition) is 3. The topological polar surface area (TPSA) is 53.7 Å². The first-order valence-corrected chi connectivity index (χ1v) is 7.56. The molecule has 0 aliphatic carbocycles. The van der Waals surface area contributed by atoms with Gasteiger partial charge in [0, 0.05) is 6.54 Å². The number of aliphatic carboxylic acids is 1. The third-order valence-corrected chi connectivity index (χ3v) is 4.50. The van der Waals surface area contributed by atoms with E-state index in [9.17, 15) is 9.90 Å². The zero-order valence-corrected chi connectivity index (χ0v) is 12.9. The highest BCUT2D eigenvalue weighted by atomic mass is 79.9. The molecule has 5 heteroatoms. The van der Waals surface area contributed by atoms with E-state index in [4.69, 9.17) is 4.42 Å². The Morgan fingerprint density at radius 1 is 1.63 bits per heavy atom. The molecule has 0 aromatic carbocycles. The van der Waals surface area contributed by atoms with E-state index in [1.54, 1.807) is 0 Å². The van der Waals surface area contributed by atoms with Crippen LogP contribution in [0.25, 0.3) is 0 Å². The van der Waals surface area contributed by atoms with Gasteiger partial charge >= 0.3 is 5.97 Å². The standard InChI is InChI=1S/C14H20BrNO3/c1-3-7-14(13(17)18)8-4-9-16(14)10(2)11-5-6-12(15)19-11/h5-6,10H,3-4,7-9H2,1-2H3,(H,17,18). The maximum Gasteiger partial charge on any atom is 0.324 e. The highest BCUT2D eigenvalue weighted by Crippen LogP contribution is 2.40. The van der Waals surface area contributed by atoms with Gasteiger partial charge in [-0.25, -0.2) is 0 Å². The maximum atomic E-state index is 11.8. The molecule has 1 aliphatic heterocycles.